The second kappa shape index (κ2) is 3.49. The number of hydrogen-bond acceptors (Lipinski definition) is 4. The summed E-state index contributed by atoms with van der Waals surface area (Å²) in [6.07, 6.45) is -3.56. The van der Waals surface area contributed by atoms with Crippen molar-refractivity contribution in [3.63, 3.8) is 0 Å². The quantitative estimate of drug-likeness (QED) is 0.337. The van der Waals surface area contributed by atoms with Gasteiger partial charge in [-0.15, -0.1) is 0 Å². The molecule has 1 aliphatic carbocycles. The molecule has 7 heteroatoms. The first-order valence-corrected chi connectivity index (χ1v) is 5.24. The molecular formula is C6H11O6P. The molecule has 3 atom stereocenters. The molecule has 1 rings (SSSR count). The van der Waals surface area contributed by atoms with Gasteiger partial charge in [-0.05, 0) is 6.08 Å². The van der Waals surface area contributed by atoms with Crippen molar-refractivity contribution < 1.29 is 29.7 Å². The summed E-state index contributed by atoms with van der Waals surface area (Å²) >= 11 is 0. The Morgan fingerprint density at radius 1 is 1.31 bits per heavy atom. The summed E-state index contributed by atoms with van der Waals surface area (Å²) in [5.74, 6) is 0. The molecule has 0 saturated heterocycles. The van der Waals surface area contributed by atoms with Gasteiger partial charge in [-0.1, -0.05) is 0 Å². The van der Waals surface area contributed by atoms with Crippen molar-refractivity contribution in [1.29, 1.82) is 0 Å². The van der Waals surface area contributed by atoms with Crippen molar-refractivity contribution in [1.82, 2.24) is 0 Å². The van der Waals surface area contributed by atoms with Crippen LogP contribution in [0.1, 0.15) is 6.42 Å². The van der Waals surface area contributed by atoms with Crippen LogP contribution < -0.4 is 0 Å². The Kier molecular flexibility index (Phi) is 2.91. The Labute approximate surface area is 74.3 Å². The Morgan fingerprint density at radius 2 is 1.85 bits per heavy atom. The minimum absolute atomic E-state index is 0.317. The lowest BCUT2D eigenvalue weighted by Gasteiger charge is -2.27. The van der Waals surface area contributed by atoms with E-state index in [4.69, 9.17) is 25.1 Å². The summed E-state index contributed by atoms with van der Waals surface area (Å²) < 4.78 is 10.7. The standard InChI is InChI=1S/C6H11O6P/c7-4-1-3(13(10,11)12)2-5(8)6(4)9/h1,4-9H,2H2,(H2,10,11,12). The molecular weight excluding hydrogens is 199 g/mol. The summed E-state index contributed by atoms with van der Waals surface area (Å²) in [5.41, 5.74) is 0. The molecule has 0 aromatic heterocycles. The summed E-state index contributed by atoms with van der Waals surface area (Å²) in [7, 11) is -4.41. The third-order valence-electron chi connectivity index (χ3n) is 1.90. The SMILES string of the molecule is O=P(O)(O)C1=CC(O)C(O)C(O)C1. The molecule has 0 aromatic carbocycles. The van der Waals surface area contributed by atoms with E-state index in [-0.39, 0.29) is 11.7 Å². The van der Waals surface area contributed by atoms with Gasteiger partial charge in [-0.3, -0.25) is 4.57 Å². The molecule has 0 aromatic rings. The zero-order chi connectivity index (χ0) is 10.2. The normalized spacial score (nSPS) is 35.8. The van der Waals surface area contributed by atoms with Crippen molar-refractivity contribution in [2.75, 3.05) is 0 Å². The van der Waals surface area contributed by atoms with Crippen LogP contribution in [0, 0.1) is 0 Å². The van der Waals surface area contributed by atoms with E-state index in [1.54, 1.807) is 0 Å². The van der Waals surface area contributed by atoms with E-state index in [1.165, 1.54) is 0 Å². The van der Waals surface area contributed by atoms with E-state index in [1.807, 2.05) is 0 Å². The molecule has 13 heavy (non-hydrogen) atoms. The molecule has 0 spiro atoms. The lowest BCUT2D eigenvalue weighted by molar-refractivity contribution is -0.0466. The van der Waals surface area contributed by atoms with Crippen LogP contribution in [-0.2, 0) is 4.57 Å². The number of aliphatic hydroxyl groups is 3. The molecule has 76 valence electrons. The summed E-state index contributed by atoms with van der Waals surface area (Å²) in [5, 5.41) is 26.8. The fraction of sp³-hybridized carbons (Fsp3) is 0.667. The molecule has 6 nitrogen and oxygen atoms in total. The van der Waals surface area contributed by atoms with Crippen molar-refractivity contribution in [2.24, 2.45) is 0 Å². The van der Waals surface area contributed by atoms with Crippen molar-refractivity contribution in [3.8, 4) is 0 Å². The zero-order valence-corrected chi connectivity index (χ0v) is 7.50. The van der Waals surface area contributed by atoms with Crippen LogP contribution in [0.2, 0.25) is 0 Å². The van der Waals surface area contributed by atoms with Gasteiger partial charge in [0.25, 0.3) is 0 Å². The summed E-state index contributed by atoms with van der Waals surface area (Å²) in [6.45, 7) is 0. The van der Waals surface area contributed by atoms with E-state index < -0.39 is 25.9 Å². The van der Waals surface area contributed by atoms with Crippen molar-refractivity contribution in [2.45, 2.75) is 24.7 Å². The molecule has 0 saturated carbocycles. The van der Waals surface area contributed by atoms with Crippen LogP contribution in [0.4, 0.5) is 0 Å². The highest BCUT2D eigenvalue weighted by atomic mass is 31.2. The Hall–Kier alpha value is -0.230. The van der Waals surface area contributed by atoms with Gasteiger partial charge in [-0.25, -0.2) is 0 Å². The van der Waals surface area contributed by atoms with Gasteiger partial charge in [0, 0.05) is 11.7 Å². The van der Waals surface area contributed by atoms with Crippen LogP contribution >= 0.6 is 7.60 Å². The molecule has 0 aliphatic heterocycles. The Bertz CT molecular complexity index is 268. The number of rotatable bonds is 1. The second-order valence-electron chi connectivity index (χ2n) is 2.95. The molecule has 0 amide bonds. The molecule has 0 radical (unpaired) electrons. The topological polar surface area (TPSA) is 118 Å². The molecule has 5 N–H and O–H groups in total. The highest BCUT2D eigenvalue weighted by molar-refractivity contribution is 7.56. The molecule has 0 bridgehead atoms. The van der Waals surface area contributed by atoms with E-state index in [2.05, 4.69) is 0 Å². The molecule has 0 fully saturated rings. The van der Waals surface area contributed by atoms with Gasteiger partial charge < -0.3 is 25.1 Å². The first kappa shape index (κ1) is 10.8. The minimum Gasteiger partial charge on any atom is -0.390 e. The van der Waals surface area contributed by atoms with Crippen LogP contribution in [0.25, 0.3) is 0 Å². The summed E-state index contributed by atoms with van der Waals surface area (Å²) in [4.78, 5) is 17.4. The maximum Gasteiger partial charge on any atom is 0.352 e. The Balaban J connectivity index is 2.92. The van der Waals surface area contributed by atoms with Gasteiger partial charge in [0.05, 0.1) is 6.10 Å². The van der Waals surface area contributed by atoms with E-state index in [9.17, 15) is 4.57 Å². The zero-order valence-electron chi connectivity index (χ0n) is 6.61. The van der Waals surface area contributed by atoms with E-state index >= 15 is 0 Å². The van der Waals surface area contributed by atoms with Crippen molar-refractivity contribution in [3.05, 3.63) is 11.4 Å². The fourth-order valence-electron chi connectivity index (χ4n) is 1.14. The van der Waals surface area contributed by atoms with Gasteiger partial charge in [0.1, 0.15) is 12.2 Å². The predicted molar refractivity (Wildman–Crippen MR) is 42.8 cm³/mol. The van der Waals surface area contributed by atoms with E-state index in [0.717, 1.165) is 6.08 Å². The van der Waals surface area contributed by atoms with Gasteiger partial charge in [0.15, 0.2) is 0 Å². The van der Waals surface area contributed by atoms with Gasteiger partial charge in [-0.2, -0.15) is 0 Å². The lowest BCUT2D eigenvalue weighted by Crippen LogP contribution is -2.39. The maximum absolute atomic E-state index is 10.7. The minimum atomic E-state index is -4.41. The fourth-order valence-corrected chi connectivity index (χ4v) is 1.91. The predicted octanol–water partition coefficient (Wildman–Crippen LogP) is -1.47. The smallest absolute Gasteiger partial charge is 0.352 e. The second-order valence-corrected chi connectivity index (χ2v) is 4.62. The third kappa shape index (κ3) is 2.37. The highest BCUT2D eigenvalue weighted by Gasteiger charge is 2.35. The van der Waals surface area contributed by atoms with Crippen LogP contribution in [0.3, 0.4) is 0 Å². The molecule has 1 aliphatic rings. The maximum atomic E-state index is 10.7. The monoisotopic (exact) mass is 210 g/mol. The average Bonchev–Trinajstić information content (AvgIpc) is 1.97. The van der Waals surface area contributed by atoms with Gasteiger partial charge >= 0.3 is 7.60 Å². The lowest BCUT2D eigenvalue weighted by atomic mass is 9.99. The van der Waals surface area contributed by atoms with Crippen LogP contribution in [-0.4, -0.2) is 43.4 Å². The number of aliphatic hydroxyl groups excluding tert-OH is 3. The Morgan fingerprint density at radius 3 is 2.23 bits per heavy atom. The highest BCUT2D eigenvalue weighted by Crippen LogP contribution is 2.49. The largest absolute Gasteiger partial charge is 0.390 e. The van der Waals surface area contributed by atoms with E-state index in [0.29, 0.717) is 0 Å². The van der Waals surface area contributed by atoms with Gasteiger partial charge in [0.2, 0.25) is 0 Å². The molecule has 0 heterocycles. The number of hydrogen-bond donors (Lipinski definition) is 5. The molecule has 3 unspecified atom stereocenters. The third-order valence-corrected chi connectivity index (χ3v) is 2.98. The van der Waals surface area contributed by atoms with Crippen molar-refractivity contribution >= 4 is 7.60 Å². The first-order valence-electron chi connectivity index (χ1n) is 3.63. The summed E-state index contributed by atoms with van der Waals surface area (Å²) in [6, 6.07) is 0. The average molecular weight is 210 g/mol. The van der Waals surface area contributed by atoms with Crippen LogP contribution in [0.5, 0.6) is 0 Å². The first-order chi connectivity index (χ1) is 5.82. The van der Waals surface area contributed by atoms with Crippen LogP contribution in [0.15, 0.2) is 11.4 Å².